The van der Waals surface area contributed by atoms with Gasteiger partial charge in [-0.25, -0.2) is 0 Å². The molecule has 0 fully saturated rings. The summed E-state index contributed by atoms with van der Waals surface area (Å²) in [6, 6.07) is 0. The molecule has 0 spiro atoms. The smallest absolute Gasteiger partial charge is 0 e. The van der Waals surface area contributed by atoms with E-state index in [0.29, 0.717) is 0 Å². The van der Waals surface area contributed by atoms with Crippen molar-refractivity contribution in [1.29, 1.82) is 0 Å². The average Bonchev–Trinajstić information content (AvgIpc) is 0. The van der Waals surface area contributed by atoms with Crippen molar-refractivity contribution in [2.75, 3.05) is 0 Å². The standard InChI is InChI=1S/Nb.Ru.Sn.Ti.2H. The van der Waals surface area contributed by atoms with Crippen molar-refractivity contribution in [3.8, 4) is 0 Å². The third kappa shape index (κ3) is 8.86. The van der Waals surface area contributed by atoms with Gasteiger partial charge >= 0.3 is 23.9 Å². The molecule has 0 heterocycles. The minimum atomic E-state index is 0. The molecule has 0 aliphatic carbocycles. The minimum absolute atomic E-state index is 0. The summed E-state index contributed by atoms with van der Waals surface area (Å²) in [5.74, 6) is 0. The maximum Gasteiger partial charge on any atom is 0 e. The maximum absolute atomic E-state index is 0. The summed E-state index contributed by atoms with van der Waals surface area (Å²) in [4.78, 5) is 0. The van der Waals surface area contributed by atoms with Crippen molar-refractivity contribution >= 4 is 23.9 Å². The first-order valence-electron chi connectivity index (χ1n) is 0. The molecular weight excluding hydrogens is 361 g/mol. The molecule has 0 unspecified atom stereocenters. The first kappa shape index (κ1) is 28.7. The van der Waals surface area contributed by atoms with Crippen LogP contribution in [0.5, 0.6) is 0 Å². The molecule has 0 saturated carbocycles. The van der Waals surface area contributed by atoms with Crippen LogP contribution in [0, 0.1) is 0 Å². The minimum Gasteiger partial charge on any atom is 0 e. The van der Waals surface area contributed by atoms with Gasteiger partial charge in [-0.15, -0.1) is 0 Å². The monoisotopic (exact) mass is 365 g/mol. The Morgan fingerprint density at radius 3 is 1.00 bits per heavy atom. The molecule has 4 heteroatoms. The molecule has 0 atom stereocenters. The van der Waals surface area contributed by atoms with E-state index < -0.39 is 0 Å². The molecular formula is H2NbRuSnTi. The Hall–Kier alpha value is 2.88. The summed E-state index contributed by atoms with van der Waals surface area (Å²) < 4.78 is 0. The van der Waals surface area contributed by atoms with Crippen LogP contribution in [0.25, 0.3) is 0 Å². The summed E-state index contributed by atoms with van der Waals surface area (Å²) in [6.45, 7) is 0. The van der Waals surface area contributed by atoms with Crippen molar-refractivity contribution in [3.05, 3.63) is 0 Å². The second-order valence-corrected chi connectivity index (χ2v) is 0. The van der Waals surface area contributed by atoms with Crippen LogP contribution in [0.1, 0.15) is 0 Å². The Kier molecular flexibility index (Phi) is 121. The molecule has 23 valence electrons. The van der Waals surface area contributed by atoms with Crippen LogP contribution in [-0.2, 0) is 63.6 Å². The second-order valence-electron chi connectivity index (χ2n) is 0. The summed E-state index contributed by atoms with van der Waals surface area (Å²) in [6.07, 6.45) is 0. The molecule has 0 aromatic carbocycles. The Balaban J connectivity index is 0. The largest absolute Gasteiger partial charge is 0 e. The first-order chi connectivity index (χ1) is 0. The zero-order valence-electron chi connectivity index (χ0n) is 2.01. The van der Waals surface area contributed by atoms with Gasteiger partial charge in [0.15, 0.2) is 0 Å². The molecule has 0 aliphatic rings. The van der Waals surface area contributed by atoms with Crippen LogP contribution in [0.3, 0.4) is 0 Å². The summed E-state index contributed by atoms with van der Waals surface area (Å²) in [5.41, 5.74) is 0. The molecule has 0 nitrogen and oxygen atoms in total. The average molecular weight is 363 g/mol. The van der Waals surface area contributed by atoms with Crippen molar-refractivity contribution in [2.45, 2.75) is 0 Å². The number of hydrogen-bond donors (Lipinski definition) is 0. The van der Waals surface area contributed by atoms with Crippen LogP contribution < -0.4 is 0 Å². The van der Waals surface area contributed by atoms with Gasteiger partial charge < -0.3 is 0 Å². The molecule has 0 aromatic heterocycles. The molecule has 0 rings (SSSR count). The quantitative estimate of drug-likeness (QED) is 0.489. The third-order valence-electron chi connectivity index (χ3n) is 0. The van der Waals surface area contributed by atoms with E-state index in [1.165, 1.54) is 0 Å². The fourth-order valence-corrected chi connectivity index (χ4v) is 0. The predicted molar refractivity (Wildman–Crippen MR) is 8.54 cm³/mol. The predicted octanol–water partition coefficient (Wildman–Crippen LogP) is -0.924. The normalized spacial score (nSPS) is 0. The van der Waals surface area contributed by atoms with Crippen molar-refractivity contribution in [3.63, 3.8) is 0 Å². The van der Waals surface area contributed by atoms with Gasteiger partial charge in [-0.1, -0.05) is 0 Å². The fourth-order valence-electron chi connectivity index (χ4n) is 0. The van der Waals surface area contributed by atoms with E-state index in [0.717, 1.165) is 0 Å². The van der Waals surface area contributed by atoms with Gasteiger partial charge in [0.2, 0.25) is 0 Å². The van der Waals surface area contributed by atoms with E-state index in [1.807, 2.05) is 0 Å². The topological polar surface area (TPSA) is 0 Å². The number of hydrogen-bond acceptors (Lipinski definition) is 0. The van der Waals surface area contributed by atoms with Crippen molar-refractivity contribution < 1.29 is 63.6 Å². The molecule has 3 radical (unpaired) electrons. The molecule has 0 saturated heterocycles. The van der Waals surface area contributed by atoms with Gasteiger partial charge in [0, 0.05) is 63.6 Å². The SMILES string of the molecule is [Nb].[Ru].[SnH2].[Ti]. The van der Waals surface area contributed by atoms with E-state index in [1.54, 1.807) is 0 Å². The van der Waals surface area contributed by atoms with Crippen LogP contribution in [0.4, 0.5) is 0 Å². The van der Waals surface area contributed by atoms with E-state index in [9.17, 15) is 0 Å². The van der Waals surface area contributed by atoms with Gasteiger partial charge in [0.1, 0.15) is 0 Å². The molecule has 0 aromatic rings. The summed E-state index contributed by atoms with van der Waals surface area (Å²) in [7, 11) is 0. The molecule has 0 aliphatic heterocycles. The van der Waals surface area contributed by atoms with Gasteiger partial charge in [-0.3, -0.25) is 0 Å². The van der Waals surface area contributed by atoms with Crippen molar-refractivity contribution in [1.82, 2.24) is 0 Å². The van der Waals surface area contributed by atoms with Crippen LogP contribution >= 0.6 is 0 Å². The van der Waals surface area contributed by atoms with E-state index in [2.05, 4.69) is 0 Å². The van der Waals surface area contributed by atoms with Gasteiger partial charge in [0.25, 0.3) is 0 Å². The van der Waals surface area contributed by atoms with E-state index in [4.69, 9.17) is 0 Å². The molecule has 0 amide bonds. The molecule has 4 heavy (non-hydrogen) atoms. The summed E-state index contributed by atoms with van der Waals surface area (Å²) in [5, 5.41) is 0. The molecule has 0 N–H and O–H groups in total. The van der Waals surface area contributed by atoms with E-state index in [-0.39, 0.29) is 87.5 Å². The van der Waals surface area contributed by atoms with Gasteiger partial charge in [-0.05, 0) is 0 Å². The zero-order chi connectivity index (χ0) is 0. The molecule has 0 bridgehead atoms. The zero-order valence-corrected chi connectivity index (χ0v) is 11.5. The Morgan fingerprint density at radius 1 is 1.00 bits per heavy atom. The van der Waals surface area contributed by atoms with Crippen LogP contribution in [0.15, 0.2) is 0 Å². The third-order valence-corrected chi connectivity index (χ3v) is 0. The Morgan fingerprint density at radius 2 is 1.00 bits per heavy atom. The first-order valence-corrected chi connectivity index (χ1v) is 0. The maximum atomic E-state index is 0. The fraction of sp³-hybridized carbons (Fsp3) is 0. The van der Waals surface area contributed by atoms with Crippen LogP contribution in [-0.4, -0.2) is 23.9 Å². The second kappa shape index (κ2) is 16.9. The van der Waals surface area contributed by atoms with E-state index >= 15 is 0 Å². The number of rotatable bonds is 0. The van der Waals surface area contributed by atoms with Gasteiger partial charge in [0.05, 0.1) is 0 Å². The van der Waals surface area contributed by atoms with Gasteiger partial charge in [-0.2, -0.15) is 0 Å². The van der Waals surface area contributed by atoms with Crippen molar-refractivity contribution in [2.24, 2.45) is 0 Å². The Labute approximate surface area is 86.0 Å². The van der Waals surface area contributed by atoms with Crippen LogP contribution in [0.2, 0.25) is 0 Å². The Bertz CT molecular complexity index is 8.00. The summed E-state index contributed by atoms with van der Waals surface area (Å²) >= 11 is 0.